The number of methoxy groups -OCH3 is 6. The van der Waals surface area contributed by atoms with Crippen LogP contribution in [-0.4, -0.2) is 150 Å². The van der Waals surface area contributed by atoms with Gasteiger partial charge in [0.05, 0.1) is 76.7 Å². The summed E-state index contributed by atoms with van der Waals surface area (Å²) >= 11 is 24.3. The van der Waals surface area contributed by atoms with Gasteiger partial charge >= 0.3 is 23.9 Å². The van der Waals surface area contributed by atoms with Crippen LogP contribution in [0.15, 0.2) is 54.3 Å². The van der Waals surface area contributed by atoms with Crippen LogP contribution in [-0.2, 0) is 110 Å². The van der Waals surface area contributed by atoms with Crippen molar-refractivity contribution in [3.05, 3.63) is 141 Å². The third kappa shape index (κ3) is 22.8. The SMILES string of the molecule is COC(=O)C1(CC(=O)Cc2c(C)cc(Cl)cc2C)CCC(=O)CC1.COC(=O)C1(CC(=O)Cc2c(C)cc(Cl)cc2C)CCC(OC)(OC)CC1.COC(=O)C1(CC(=O)Cc2c(C)cc(Cl)cc2C)CCC2(CC1)OCCO2.COC(=O)C1(N)CCC2(CC1)OCCO2.Cc1cc(Cl)cc(C)c1C1=C(O)C2(CCC(C)(C)CC2)CC1=O. The molecule has 3 N–H and O–H groups in total. The number of ketones is 5. The van der Waals surface area contributed by atoms with Gasteiger partial charge in [-0.3, -0.25) is 43.2 Å². The Morgan fingerprint density at radius 1 is 0.405 bits per heavy atom. The number of carbonyl (C=O) groups is 9. The van der Waals surface area contributed by atoms with E-state index in [1.165, 1.54) is 28.4 Å². The van der Waals surface area contributed by atoms with Crippen molar-refractivity contribution in [2.45, 2.75) is 265 Å². The number of rotatable bonds is 19. The molecule has 4 aromatic carbocycles. The molecule has 21 nitrogen and oxygen atoms in total. The van der Waals surface area contributed by atoms with Gasteiger partial charge in [0.2, 0.25) is 0 Å². The number of hydrogen-bond acceptors (Lipinski definition) is 21. The highest BCUT2D eigenvalue weighted by Gasteiger charge is 2.54. The number of carbonyl (C=O) groups excluding carboxylic acids is 9. The van der Waals surface area contributed by atoms with Crippen LogP contribution < -0.4 is 5.73 Å². The molecule has 2 aliphatic heterocycles. The molecular formula is C91H121Cl4NO20. The second-order valence-electron chi connectivity index (χ2n) is 34.5. The quantitative estimate of drug-likeness (QED) is 0.0501. The van der Waals surface area contributed by atoms with Crippen molar-refractivity contribution in [3.8, 4) is 0 Å². The van der Waals surface area contributed by atoms with E-state index in [1.807, 2.05) is 104 Å². The largest absolute Gasteiger partial charge is 0.511 e. The first kappa shape index (κ1) is 95.0. The van der Waals surface area contributed by atoms with E-state index in [-0.39, 0.29) is 90.3 Å². The molecule has 0 unspecified atom stereocenters. The zero-order valence-electron chi connectivity index (χ0n) is 70.8. The number of Topliss-reactive ketones (excluding diaryl/α,β-unsaturated/α-hetero) is 5. The van der Waals surface area contributed by atoms with E-state index in [2.05, 4.69) is 13.8 Å². The van der Waals surface area contributed by atoms with Crippen molar-refractivity contribution in [2.24, 2.45) is 32.8 Å². The Kier molecular flexibility index (Phi) is 32.6. The molecule has 0 atom stereocenters. The van der Waals surface area contributed by atoms with Crippen LogP contribution in [0.2, 0.25) is 20.1 Å². The molecule has 0 radical (unpaired) electrons. The fourth-order valence-corrected chi connectivity index (χ4v) is 19.9. The number of aliphatic hydroxyl groups is 1. The molecule has 0 amide bonds. The first-order valence-corrected chi connectivity index (χ1v) is 41.9. The van der Waals surface area contributed by atoms with Crippen LogP contribution in [0.3, 0.4) is 0 Å². The van der Waals surface area contributed by atoms with Crippen molar-refractivity contribution in [2.75, 3.05) is 69.1 Å². The summed E-state index contributed by atoms with van der Waals surface area (Å²) < 4.78 is 53.4. The highest BCUT2D eigenvalue weighted by atomic mass is 35.5. The van der Waals surface area contributed by atoms with Crippen molar-refractivity contribution in [1.82, 2.24) is 0 Å². The summed E-state index contributed by atoms with van der Waals surface area (Å²) in [5.74, 6) is -2.51. The lowest BCUT2D eigenvalue weighted by Crippen LogP contribution is -2.54. The standard InChI is InChI=1S/C21H27ClO5.C21H29ClO5.C20H25ClO2.C19H23ClO4.C10H17NO4/c1-14-10-16(22)11-15(2)18(14)12-17(23)13-20(19(24)25-3)4-6-21(7-5-20)26-8-9-27-21;1-14-10-16(22)11-15(2)18(14)12-17(23)13-20(19(24)25-3)6-8-21(26-4,27-5)9-7-20;1-12-9-14(21)10-13(2)16(12)17-15(22)11-20(18(17)23)7-5-19(3,4)6-8-20;1-12-8-14(20)9-13(2)17(12)10-16(22)11-19(18(23)24-3)6-4-15(21)5-7-19;1-13-8(12)9(11)2-4-10(5-3-9)14-6-7-15-10/h10-11H,4-9,12-13H2,1-3H3;10-11H,6-9,12-13H2,1-5H3;9-10,23H,5-8,11H2,1-4H3;8-9H,4-7,10-11H2,1-3H3;2-7,11H2,1H3. The fraction of sp³-hybridized carbons (Fsp3) is 0.615. The Balaban J connectivity index is 0.000000183. The number of esters is 4. The number of aryl methyl sites for hydroxylation is 8. The molecule has 0 aromatic heterocycles. The molecule has 8 aliphatic rings. The maximum atomic E-state index is 12.9. The number of ether oxygens (including phenoxy) is 10. The van der Waals surface area contributed by atoms with Gasteiger partial charge in [0.1, 0.15) is 34.4 Å². The van der Waals surface area contributed by atoms with E-state index in [9.17, 15) is 48.3 Å². The molecule has 116 heavy (non-hydrogen) atoms. The van der Waals surface area contributed by atoms with Gasteiger partial charge in [0.15, 0.2) is 23.1 Å². The van der Waals surface area contributed by atoms with Gasteiger partial charge in [0, 0.05) is 136 Å². The minimum absolute atomic E-state index is 0.0109. The van der Waals surface area contributed by atoms with Crippen molar-refractivity contribution in [3.63, 3.8) is 0 Å². The van der Waals surface area contributed by atoms with Crippen LogP contribution in [0.4, 0.5) is 0 Å². The van der Waals surface area contributed by atoms with E-state index in [4.69, 9.17) is 99.5 Å². The smallest absolute Gasteiger partial charge is 0.325 e. The first-order chi connectivity index (χ1) is 54.5. The number of allylic oxidation sites excluding steroid dienone is 2. The maximum Gasteiger partial charge on any atom is 0.325 e. The number of benzene rings is 4. The third-order valence-corrected chi connectivity index (χ3v) is 26.8. The number of hydrogen-bond donors (Lipinski definition) is 2. The fourth-order valence-electron chi connectivity index (χ4n) is 18.6. The molecule has 25 heteroatoms. The summed E-state index contributed by atoms with van der Waals surface area (Å²) in [6.45, 7) is 22.5. The summed E-state index contributed by atoms with van der Waals surface area (Å²) in [7, 11) is 8.66. The lowest BCUT2D eigenvalue weighted by atomic mass is 9.64. The Bertz CT molecular complexity index is 4080. The molecule has 638 valence electrons. The molecular weight excluding hydrogens is 1570 g/mol. The van der Waals surface area contributed by atoms with Gasteiger partial charge in [-0.25, -0.2) is 0 Å². The molecule has 2 saturated heterocycles. The molecule has 0 bridgehead atoms. The van der Waals surface area contributed by atoms with Crippen LogP contribution >= 0.6 is 46.4 Å². The number of nitrogens with two attached hydrogens (primary N) is 1. The van der Waals surface area contributed by atoms with Crippen LogP contribution in [0, 0.1) is 82.5 Å². The molecule has 6 aliphatic carbocycles. The second-order valence-corrected chi connectivity index (χ2v) is 36.2. The number of aliphatic hydroxyl groups excluding tert-OH is 1. The second kappa shape index (κ2) is 39.8. The Hall–Kier alpha value is -6.47. The molecule has 2 heterocycles. The van der Waals surface area contributed by atoms with Crippen molar-refractivity contribution in [1.29, 1.82) is 0 Å². The highest BCUT2D eigenvalue weighted by molar-refractivity contribution is 6.32. The monoisotopic (exact) mass is 1690 g/mol. The lowest BCUT2D eigenvalue weighted by Gasteiger charge is -2.43. The van der Waals surface area contributed by atoms with E-state index in [0.717, 1.165) is 92.4 Å². The molecule has 4 aromatic rings. The Labute approximate surface area is 704 Å². The lowest BCUT2D eigenvalue weighted by molar-refractivity contribution is -0.236. The minimum atomic E-state index is -0.853. The van der Waals surface area contributed by atoms with E-state index < -0.39 is 39.1 Å². The van der Waals surface area contributed by atoms with Gasteiger partial charge in [0.25, 0.3) is 0 Å². The average Bonchev–Trinajstić information content (AvgIpc) is 1.58. The third-order valence-electron chi connectivity index (χ3n) is 26.0. The molecule has 12 rings (SSSR count). The van der Waals surface area contributed by atoms with E-state index >= 15 is 0 Å². The zero-order valence-corrected chi connectivity index (χ0v) is 73.9. The van der Waals surface area contributed by atoms with Crippen LogP contribution in [0.25, 0.3) is 5.57 Å². The van der Waals surface area contributed by atoms with Gasteiger partial charge in [-0.15, -0.1) is 0 Å². The maximum absolute atomic E-state index is 12.9. The predicted molar refractivity (Wildman–Crippen MR) is 445 cm³/mol. The van der Waals surface area contributed by atoms with E-state index in [1.54, 1.807) is 14.2 Å². The normalized spacial score (nSPS) is 22.3. The summed E-state index contributed by atoms with van der Waals surface area (Å²) in [5.41, 5.74) is 14.8. The van der Waals surface area contributed by atoms with E-state index in [0.29, 0.717) is 179 Å². The van der Waals surface area contributed by atoms with Gasteiger partial charge in [-0.1, -0.05) is 60.3 Å². The summed E-state index contributed by atoms with van der Waals surface area (Å²) in [4.78, 5) is 112. The van der Waals surface area contributed by atoms with Gasteiger partial charge in [-0.05, 0) is 253 Å². The first-order valence-electron chi connectivity index (χ1n) is 40.4. The summed E-state index contributed by atoms with van der Waals surface area (Å²) in [5, 5.41) is 13.7. The topological polar surface area (TPSA) is 292 Å². The summed E-state index contributed by atoms with van der Waals surface area (Å²) in [6.07, 6.45) is 13.9. The predicted octanol–water partition coefficient (Wildman–Crippen LogP) is 17.8. The van der Waals surface area contributed by atoms with Gasteiger partial charge in [-0.2, -0.15) is 0 Å². The molecule has 7 fully saturated rings. The summed E-state index contributed by atoms with van der Waals surface area (Å²) in [6, 6.07) is 14.9. The van der Waals surface area contributed by atoms with Gasteiger partial charge < -0.3 is 58.2 Å². The van der Waals surface area contributed by atoms with Crippen molar-refractivity contribution < 1.29 is 95.6 Å². The molecule has 3 spiro atoms. The Morgan fingerprint density at radius 2 is 0.698 bits per heavy atom. The number of halogens is 4. The minimum Gasteiger partial charge on any atom is -0.511 e. The highest BCUT2D eigenvalue weighted by Crippen LogP contribution is 2.57. The molecule has 5 saturated carbocycles. The Morgan fingerprint density at radius 3 is 1.01 bits per heavy atom. The van der Waals surface area contributed by atoms with Crippen LogP contribution in [0.5, 0.6) is 0 Å². The average molecular weight is 1690 g/mol. The van der Waals surface area contributed by atoms with Crippen LogP contribution in [0.1, 0.15) is 235 Å². The van der Waals surface area contributed by atoms with Crippen molar-refractivity contribution >= 4 is 105 Å². The zero-order chi connectivity index (χ0) is 85.7.